The molecule has 3 amide bonds. The van der Waals surface area contributed by atoms with Gasteiger partial charge in [0.2, 0.25) is 5.91 Å². The van der Waals surface area contributed by atoms with Gasteiger partial charge in [0.05, 0.1) is 24.6 Å². The number of carbonyl (C=O) groups excluding carboxylic acids is 2. The van der Waals surface area contributed by atoms with Gasteiger partial charge in [0, 0.05) is 42.5 Å². The molecule has 0 aromatic heterocycles. The van der Waals surface area contributed by atoms with Crippen LogP contribution in [0.25, 0.3) is 0 Å². The van der Waals surface area contributed by atoms with Crippen LogP contribution in [0.3, 0.4) is 0 Å². The monoisotopic (exact) mass is 592 g/mol. The summed E-state index contributed by atoms with van der Waals surface area (Å²) < 4.78 is 19.7. The first-order chi connectivity index (χ1) is 20.5. The van der Waals surface area contributed by atoms with Crippen LogP contribution in [0.15, 0.2) is 66.7 Å². The largest absolute Gasteiger partial charge is 0.488 e. The van der Waals surface area contributed by atoms with Crippen LogP contribution in [0.4, 0.5) is 20.6 Å². The summed E-state index contributed by atoms with van der Waals surface area (Å²) in [4.78, 5) is 41.0. The lowest BCUT2D eigenvalue weighted by Crippen LogP contribution is -2.47. The molecule has 1 aliphatic rings. The molecule has 0 saturated carbocycles. The minimum absolute atomic E-state index is 0.0139. The molecule has 4 N–H and O–H groups in total. The van der Waals surface area contributed by atoms with E-state index in [1.807, 2.05) is 14.0 Å². The molecule has 0 saturated heterocycles. The molecule has 3 aromatic rings. The van der Waals surface area contributed by atoms with Crippen molar-refractivity contribution in [2.45, 2.75) is 39.0 Å². The van der Waals surface area contributed by atoms with E-state index >= 15 is 0 Å². The second-order valence-electron chi connectivity index (χ2n) is 11.0. The van der Waals surface area contributed by atoms with Gasteiger partial charge in [0.1, 0.15) is 17.7 Å². The lowest BCUT2D eigenvalue weighted by Gasteiger charge is -2.34. The number of amides is 3. The number of hydrogen-bond acceptors (Lipinski definition) is 6. The van der Waals surface area contributed by atoms with E-state index in [9.17, 15) is 29.0 Å². The van der Waals surface area contributed by atoms with E-state index in [-0.39, 0.29) is 36.5 Å². The number of carboxylic acids is 1. The second kappa shape index (κ2) is 14.1. The Morgan fingerprint density at radius 2 is 1.72 bits per heavy atom. The number of fused-ring (bicyclic) bond motifs is 1. The third-order valence-corrected chi connectivity index (χ3v) is 7.42. The van der Waals surface area contributed by atoms with Crippen molar-refractivity contribution in [1.29, 1.82) is 0 Å². The molecule has 11 heteroatoms. The number of aliphatic hydroxyl groups excluding tert-OH is 1. The van der Waals surface area contributed by atoms with Crippen LogP contribution in [0, 0.1) is 11.7 Å². The van der Waals surface area contributed by atoms with Crippen molar-refractivity contribution in [2.75, 3.05) is 37.4 Å². The van der Waals surface area contributed by atoms with Crippen LogP contribution in [-0.2, 0) is 17.8 Å². The summed E-state index contributed by atoms with van der Waals surface area (Å²) >= 11 is 0. The number of rotatable bonds is 9. The van der Waals surface area contributed by atoms with E-state index in [1.54, 1.807) is 54.3 Å². The molecule has 0 fully saturated rings. The van der Waals surface area contributed by atoms with Gasteiger partial charge in [0.15, 0.2) is 0 Å². The third-order valence-electron chi connectivity index (χ3n) is 7.42. The van der Waals surface area contributed by atoms with Crippen molar-refractivity contribution in [3.8, 4) is 5.75 Å². The number of ether oxygens (including phenoxy) is 1. The number of likely N-dealkylation sites (N-methyl/N-ethyl adjacent to an activating group) is 1. The zero-order valence-electron chi connectivity index (χ0n) is 24.4. The Hall–Kier alpha value is -4.48. The molecule has 0 bridgehead atoms. The standard InChI is InChI=1S/C32H37FN4O6/c1-20-16-37(21(2)19-38)30(39)15-24-14-27(35-32(42)34-26-10-8-25(33)9-11-26)12-13-28(24)43-29(20)18-36(3)17-22-4-6-23(7-5-22)31(40)41/h4-14,20-21,29,38H,15-19H2,1-3H3,(H,40,41)(H2,34,35,42)/t20-,21-,29+/m1/s1. The number of anilines is 2. The fraction of sp³-hybridized carbons (Fsp3) is 0.344. The lowest BCUT2D eigenvalue weighted by atomic mass is 10.0. The summed E-state index contributed by atoms with van der Waals surface area (Å²) in [6.07, 6.45) is -0.318. The molecule has 0 radical (unpaired) electrons. The molecular weight excluding hydrogens is 555 g/mol. The van der Waals surface area contributed by atoms with Gasteiger partial charge >= 0.3 is 12.0 Å². The molecule has 10 nitrogen and oxygen atoms in total. The van der Waals surface area contributed by atoms with E-state index in [2.05, 4.69) is 15.5 Å². The summed E-state index contributed by atoms with van der Waals surface area (Å²) in [6, 6.07) is 16.3. The first kappa shape index (κ1) is 31.5. The molecule has 3 aromatic carbocycles. The van der Waals surface area contributed by atoms with Gasteiger partial charge in [-0.25, -0.2) is 14.0 Å². The van der Waals surface area contributed by atoms with Gasteiger partial charge in [-0.05, 0) is 74.1 Å². The topological polar surface area (TPSA) is 131 Å². The van der Waals surface area contributed by atoms with Gasteiger partial charge in [0.25, 0.3) is 0 Å². The molecular formula is C32H37FN4O6. The molecule has 0 unspecified atom stereocenters. The Balaban J connectivity index is 1.54. The van der Waals surface area contributed by atoms with Gasteiger partial charge in [-0.2, -0.15) is 0 Å². The summed E-state index contributed by atoms with van der Waals surface area (Å²) in [7, 11) is 1.95. The smallest absolute Gasteiger partial charge is 0.335 e. The zero-order valence-corrected chi connectivity index (χ0v) is 24.4. The number of carboxylic acid groups (broad SMARTS) is 1. The van der Waals surface area contributed by atoms with E-state index < -0.39 is 23.9 Å². The molecule has 4 rings (SSSR count). The van der Waals surface area contributed by atoms with Gasteiger partial charge in [-0.15, -0.1) is 0 Å². The predicted molar refractivity (Wildman–Crippen MR) is 161 cm³/mol. The highest BCUT2D eigenvalue weighted by Crippen LogP contribution is 2.29. The summed E-state index contributed by atoms with van der Waals surface area (Å²) in [5, 5.41) is 24.5. The maximum Gasteiger partial charge on any atom is 0.335 e. The Kier molecular flexibility index (Phi) is 10.3. The Bertz CT molecular complexity index is 1430. The molecule has 228 valence electrons. The highest BCUT2D eigenvalue weighted by molar-refractivity contribution is 6.00. The molecule has 0 aliphatic carbocycles. The number of hydrogen-bond donors (Lipinski definition) is 4. The average Bonchev–Trinajstić information content (AvgIpc) is 3.01. The maximum absolute atomic E-state index is 13.5. The molecule has 1 aliphatic heterocycles. The second-order valence-corrected chi connectivity index (χ2v) is 11.0. The summed E-state index contributed by atoms with van der Waals surface area (Å²) in [5.41, 5.74) is 2.63. The fourth-order valence-electron chi connectivity index (χ4n) is 4.99. The van der Waals surface area contributed by atoms with Crippen molar-refractivity contribution in [1.82, 2.24) is 9.80 Å². The SMILES string of the molecule is C[C@@H]1CN([C@H](C)CO)C(=O)Cc2cc(NC(=O)Nc3ccc(F)cc3)ccc2O[C@H]1CN(C)Cc1ccc(C(=O)O)cc1. The minimum Gasteiger partial charge on any atom is -0.488 e. The van der Waals surface area contributed by atoms with E-state index in [4.69, 9.17) is 4.74 Å². The third kappa shape index (κ3) is 8.52. The van der Waals surface area contributed by atoms with Crippen LogP contribution in [0.1, 0.15) is 35.3 Å². The van der Waals surface area contributed by atoms with Crippen LogP contribution < -0.4 is 15.4 Å². The average molecular weight is 593 g/mol. The first-order valence-electron chi connectivity index (χ1n) is 14.1. The van der Waals surface area contributed by atoms with Crippen LogP contribution in [0.5, 0.6) is 5.75 Å². The number of aliphatic hydroxyl groups is 1. The molecule has 43 heavy (non-hydrogen) atoms. The van der Waals surface area contributed by atoms with Gasteiger partial charge in [-0.1, -0.05) is 19.1 Å². The van der Waals surface area contributed by atoms with Gasteiger partial charge in [-0.3, -0.25) is 9.69 Å². The zero-order chi connectivity index (χ0) is 31.1. The predicted octanol–water partition coefficient (Wildman–Crippen LogP) is 4.45. The Morgan fingerprint density at radius 3 is 2.37 bits per heavy atom. The number of halogens is 1. The lowest BCUT2D eigenvalue weighted by molar-refractivity contribution is -0.134. The number of urea groups is 1. The van der Waals surface area contributed by atoms with Crippen molar-refractivity contribution in [2.24, 2.45) is 5.92 Å². The highest BCUT2D eigenvalue weighted by atomic mass is 19.1. The van der Waals surface area contributed by atoms with Crippen LogP contribution in [-0.4, -0.2) is 76.8 Å². The molecule has 1 heterocycles. The van der Waals surface area contributed by atoms with Crippen molar-refractivity contribution in [3.05, 3.63) is 89.2 Å². The van der Waals surface area contributed by atoms with Crippen molar-refractivity contribution >= 4 is 29.3 Å². The highest BCUT2D eigenvalue weighted by Gasteiger charge is 2.31. The van der Waals surface area contributed by atoms with Crippen LogP contribution >= 0.6 is 0 Å². The van der Waals surface area contributed by atoms with Crippen molar-refractivity contribution < 1.29 is 33.7 Å². The number of benzene rings is 3. The quantitative estimate of drug-likeness (QED) is 0.289. The van der Waals surface area contributed by atoms with E-state index in [1.165, 1.54) is 24.3 Å². The van der Waals surface area contributed by atoms with Gasteiger partial charge < -0.3 is 30.5 Å². The Morgan fingerprint density at radius 1 is 1.07 bits per heavy atom. The number of aromatic carboxylic acids is 1. The molecule has 3 atom stereocenters. The van der Waals surface area contributed by atoms with Crippen LogP contribution in [0.2, 0.25) is 0 Å². The Labute approximate surface area is 250 Å². The van der Waals surface area contributed by atoms with E-state index in [0.29, 0.717) is 42.3 Å². The minimum atomic E-state index is -0.977. The number of nitrogens with zero attached hydrogens (tertiary/aromatic N) is 2. The fourth-order valence-corrected chi connectivity index (χ4v) is 4.99. The number of carbonyl (C=O) groups is 3. The normalized spacial score (nSPS) is 17.6. The first-order valence-corrected chi connectivity index (χ1v) is 14.1. The molecule has 0 spiro atoms. The maximum atomic E-state index is 13.5. The number of nitrogens with one attached hydrogen (secondary N) is 2. The van der Waals surface area contributed by atoms with Crippen molar-refractivity contribution in [3.63, 3.8) is 0 Å². The summed E-state index contributed by atoms with van der Waals surface area (Å²) in [6.45, 7) is 5.06. The summed E-state index contributed by atoms with van der Waals surface area (Å²) in [5.74, 6) is -1.13. The van der Waals surface area contributed by atoms with E-state index in [0.717, 1.165) is 5.56 Å².